The number of aliphatic hydroxyl groups excluding tert-OH is 2. The molecule has 2 fully saturated rings. The van der Waals surface area contributed by atoms with Gasteiger partial charge in [0.25, 0.3) is 0 Å². The molecule has 0 unspecified atom stereocenters. The number of carbonyl (C=O) groups excluding carboxylic acids is 1. The molecule has 5 atom stereocenters. The van der Waals surface area contributed by atoms with Crippen molar-refractivity contribution < 1.29 is 19.7 Å². The van der Waals surface area contributed by atoms with Crippen molar-refractivity contribution in [2.45, 2.75) is 29.6 Å². The van der Waals surface area contributed by atoms with Gasteiger partial charge in [-0.05, 0) is 6.26 Å². The average molecular weight is 205 g/mol. The fourth-order valence-corrected chi connectivity index (χ4v) is 2.84. The normalized spacial score (nSPS) is 48.5. The molecule has 0 aromatic rings. The van der Waals surface area contributed by atoms with Crippen molar-refractivity contribution in [3.05, 3.63) is 0 Å². The number of carbonyl (C=O) groups is 1. The summed E-state index contributed by atoms with van der Waals surface area (Å²) in [6, 6.07) is -0.271. The number of hydrogen-bond donors (Lipinski definition) is 3. The van der Waals surface area contributed by atoms with Gasteiger partial charge in [-0.2, -0.15) is 11.8 Å². The maximum absolute atomic E-state index is 10.8. The Kier molecular flexibility index (Phi) is 2.13. The Bertz CT molecular complexity index is 237. The van der Waals surface area contributed by atoms with E-state index in [1.807, 2.05) is 6.26 Å². The first kappa shape index (κ1) is 9.11. The van der Waals surface area contributed by atoms with Crippen molar-refractivity contribution >= 4 is 17.9 Å². The van der Waals surface area contributed by atoms with Gasteiger partial charge in [0.2, 0.25) is 0 Å². The number of rotatable bonds is 1. The molecule has 1 aliphatic carbocycles. The quantitative estimate of drug-likeness (QED) is 0.508. The van der Waals surface area contributed by atoms with E-state index in [0.717, 1.165) is 0 Å². The van der Waals surface area contributed by atoms with Gasteiger partial charge in [0.1, 0.15) is 6.10 Å². The van der Waals surface area contributed by atoms with Crippen LogP contribution in [0.1, 0.15) is 0 Å². The van der Waals surface area contributed by atoms with Gasteiger partial charge >= 0.3 is 6.09 Å². The molecule has 0 radical (unpaired) electrons. The number of alkyl carbamates (subject to hydrolysis) is 1. The Balaban J connectivity index is 2.19. The molecule has 3 N–H and O–H groups in total. The molecule has 0 aromatic heterocycles. The Labute approximate surface area is 79.5 Å². The second-order valence-corrected chi connectivity index (χ2v) is 4.24. The molecule has 0 spiro atoms. The number of nitrogens with one attached hydrogen (secondary N) is 1. The van der Waals surface area contributed by atoms with Gasteiger partial charge in [0.15, 0.2) is 6.10 Å². The second-order valence-electron chi connectivity index (χ2n) is 3.22. The summed E-state index contributed by atoms with van der Waals surface area (Å²) >= 11 is 1.42. The lowest BCUT2D eigenvalue weighted by molar-refractivity contribution is -0.0161. The highest BCUT2D eigenvalue weighted by Crippen LogP contribution is 2.34. The molecule has 1 aliphatic heterocycles. The van der Waals surface area contributed by atoms with Crippen molar-refractivity contribution in [2.75, 3.05) is 6.26 Å². The lowest BCUT2D eigenvalue weighted by Crippen LogP contribution is -2.38. The predicted molar refractivity (Wildman–Crippen MR) is 46.5 cm³/mol. The lowest BCUT2D eigenvalue weighted by atomic mass is 10.2. The fourth-order valence-electron chi connectivity index (χ4n) is 1.89. The van der Waals surface area contributed by atoms with Gasteiger partial charge in [0, 0.05) is 0 Å². The van der Waals surface area contributed by atoms with Crippen LogP contribution in [0, 0.1) is 0 Å². The van der Waals surface area contributed by atoms with Crippen LogP contribution in [0.3, 0.4) is 0 Å². The summed E-state index contributed by atoms with van der Waals surface area (Å²) in [4.78, 5) is 10.8. The molecular formula is C7H11NO4S. The Morgan fingerprint density at radius 1 is 1.46 bits per heavy atom. The van der Waals surface area contributed by atoms with Gasteiger partial charge in [-0.3, -0.25) is 0 Å². The zero-order valence-corrected chi connectivity index (χ0v) is 7.82. The van der Waals surface area contributed by atoms with E-state index >= 15 is 0 Å². The first-order chi connectivity index (χ1) is 6.15. The minimum atomic E-state index is -0.971. The zero-order chi connectivity index (χ0) is 9.59. The predicted octanol–water partition coefficient (Wildman–Crippen LogP) is -1.07. The molecule has 0 bridgehead atoms. The van der Waals surface area contributed by atoms with Crippen LogP contribution in [0.15, 0.2) is 0 Å². The maximum Gasteiger partial charge on any atom is 0.407 e. The fraction of sp³-hybridized carbons (Fsp3) is 0.857. The van der Waals surface area contributed by atoms with Crippen LogP contribution in [-0.4, -0.2) is 52.2 Å². The molecule has 1 saturated carbocycles. The standard InChI is InChI=1S/C7H11NO4S/c1-13-6-2-5(3(9)4(6)10)12-7(11)8-2/h2-6,9-10H,1H3,(H,8,11)/t2-,3+,4+,5+,6+/m1/s1. The van der Waals surface area contributed by atoms with Crippen molar-refractivity contribution in [1.29, 1.82) is 0 Å². The highest BCUT2D eigenvalue weighted by molar-refractivity contribution is 7.99. The summed E-state index contributed by atoms with van der Waals surface area (Å²) in [6.45, 7) is 0. The van der Waals surface area contributed by atoms with E-state index < -0.39 is 24.4 Å². The summed E-state index contributed by atoms with van der Waals surface area (Å²) < 4.78 is 4.83. The molecule has 5 nitrogen and oxygen atoms in total. The summed E-state index contributed by atoms with van der Waals surface area (Å²) in [5.41, 5.74) is 0. The van der Waals surface area contributed by atoms with Crippen molar-refractivity contribution in [3.63, 3.8) is 0 Å². The van der Waals surface area contributed by atoms with Crippen LogP contribution in [0.4, 0.5) is 4.79 Å². The van der Waals surface area contributed by atoms with E-state index in [2.05, 4.69) is 5.32 Å². The number of amides is 1. The summed E-state index contributed by atoms with van der Waals surface area (Å²) in [5.74, 6) is 0. The van der Waals surface area contributed by atoms with Crippen molar-refractivity contribution in [3.8, 4) is 0 Å². The molecule has 2 rings (SSSR count). The number of thioether (sulfide) groups is 1. The van der Waals surface area contributed by atoms with E-state index in [0.29, 0.717) is 0 Å². The maximum atomic E-state index is 10.8. The van der Waals surface area contributed by atoms with E-state index in [-0.39, 0.29) is 11.3 Å². The van der Waals surface area contributed by atoms with E-state index in [1.54, 1.807) is 0 Å². The van der Waals surface area contributed by atoms with E-state index in [9.17, 15) is 15.0 Å². The SMILES string of the molecule is CS[C@@H]1[C@@H](O)[C@H](O)[C@H]2OC(=O)N[C@H]21. The monoisotopic (exact) mass is 205 g/mol. The Morgan fingerprint density at radius 2 is 2.15 bits per heavy atom. The zero-order valence-electron chi connectivity index (χ0n) is 7.01. The Hall–Kier alpha value is -0.460. The van der Waals surface area contributed by atoms with Crippen LogP contribution >= 0.6 is 11.8 Å². The van der Waals surface area contributed by atoms with Gasteiger partial charge in [-0.15, -0.1) is 0 Å². The molecule has 13 heavy (non-hydrogen) atoms. The third-order valence-corrected chi connectivity index (χ3v) is 3.65. The summed E-state index contributed by atoms with van der Waals surface area (Å²) in [7, 11) is 0. The number of aliphatic hydroxyl groups is 2. The van der Waals surface area contributed by atoms with Gasteiger partial charge in [-0.1, -0.05) is 0 Å². The number of hydrogen-bond acceptors (Lipinski definition) is 5. The smallest absolute Gasteiger partial charge is 0.407 e. The first-order valence-electron chi connectivity index (χ1n) is 4.01. The molecule has 1 amide bonds. The largest absolute Gasteiger partial charge is 0.441 e. The molecule has 1 heterocycles. The van der Waals surface area contributed by atoms with Crippen LogP contribution in [0.25, 0.3) is 0 Å². The molecular weight excluding hydrogens is 194 g/mol. The minimum absolute atomic E-state index is 0.188. The number of ether oxygens (including phenoxy) is 1. The van der Waals surface area contributed by atoms with Crippen LogP contribution in [0.2, 0.25) is 0 Å². The van der Waals surface area contributed by atoms with Crippen molar-refractivity contribution in [1.82, 2.24) is 5.32 Å². The highest BCUT2D eigenvalue weighted by Gasteiger charge is 2.55. The first-order valence-corrected chi connectivity index (χ1v) is 5.30. The van der Waals surface area contributed by atoms with Crippen LogP contribution in [0.5, 0.6) is 0 Å². The van der Waals surface area contributed by atoms with E-state index in [4.69, 9.17) is 4.74 Å². The number of fused-ring (bicyclic) bond motifs is 1. The molecule has 1 saturated heterocycles. The van der Waals surface area contributed by atoms with E-state index in [1.165, 1.54) is 11.8 Å². The molecule has 6 heteroatoms. The second kappa shape index (κ2) is 3.04. The average Bonchev–Trinajstić information content (AvgIpc) is 2.54. The third kappa shape index (κ3) is 1.20. The summed E-state index contributed by atoms with van der Waals surface area (Å²) in [5, 5.41) is 21.4. The third-order valence-electron chi connectivity index (χ3n) is 2.53. The van der Waals surface area contributed by atoms with Crippen molar-refractivity contribution in [2.24, 2.45) is 0 Å². The topological polar surface area (TPSA) is 78.8 Å². The molecule has 2 aliphatic rings. The van der Waals surface area contributed by atoms with Gasteiger partial charge in [0.05, 0.1) is 17.4 Å². The minimum Gasteiger partial charge on any atom is -0.441 e. The van der Waals surface area contributed by atoms with Crippen LogP contribution < -0.4 is 5.32 Å². The highest BCUT2D eigenvalue weighted by atomic mass is 32.2. The summed E-state index contributed by atoms with van der Waals surface area (Å²) in [6.07, 6.45) is -1.08. The molecule has 74 valence electrons. The van der Waals surface area contributed by atoms with Gasteiger partial charge < -0.3 is 20.3 Å². The van der Waals surface area contributed by atoms with Gasteiger partial charge in [-0.25, -0.2) is 4.79 Å². The lowest BCUT2D eigenvalue weighted by Gasteiger charge is -2.16. The molecule has 0 aromatic carbocycles. The van der Waals surface area contributed by atoms with Crippen LogP contribution in [-0.2, 0) is 4.74 Å². The Morgan fingerprint density at radius 3 is 2.77 bits per heavy atom.